The van der Waals surface area contributed by atoms with Gasteiger partial charge in [0, 0.05) is 25.0 Å². The van der Waals surface area contributed by atoms with Gasteiger partial charge in [0.05, 0.1) is 12.3 Å². The van der Waals surface area contributed by atoms with Gasteiger partial charge in [0.15, 0.2) is 0 Å². The number of benzene rings is 1. The monoisotopic (exact) mass is 432 g/mol. The first-order chi connectivity index (χ1) is 12.8. The lowest BCUT2D eigenvalue weighted by atomic mass is 9.94. The van der Waals surface area contributed by atoms with Crippen LogP contribution in [0.2, 0.25) is 0 Å². The summed E-state index contributed by atoms with van der Waals surface area (Å²) in [6.07, 6.45) is 0.796. The van der Waals surface area contributed by atoms with Crippen molar-refractivity contribution in [2.45, 2.75) is 38.8 Å². The lowest BCUT2D eigenvalue weighted by Crippen LogP contribution is -2.41. The molecule has 1 aliphatic rings. The normalized spacial score (nSPS) is 16.0. The van der Waals surface area contributed by atoms with Crippen LogP contribution >= 0.6 is 12.4 Å². The molecule has 1 aromatic carbocycles. The fourth-order valence-electron chi connectivity index (χ4n) is 2.93. The molecule has 1 unspecified atom stereocenters. The minimum Gasteiger partial charge on any atom is -0.354 e. The zero-order valence-electron chi connectivity index (χ0n) is 16.2. The summed E-state index contributed by atoms with van der Waals surface area (Å²) in [5.74, 6) is -1.10. The van der Waals surface area contributed by atoms with Crippen molar-refractivity contribution in [2.24, 2.45) is 0 Å². The Kier molecular flexibility index (Phi) is 9.88. The van der Waals surface area contributed by atoms with Crippen LogP contribution in [-0.4, -0.2) is 51.7 Å². The van der Waals surface area contributed by atoms with Gasteiger partial charge in [-0.3, -0.25) is 9.59 Å². The summed E-state index contributed by atoms with van der Waals surface area (Å²) in [5, 5.41) is 8.74. The van der Waals surface area contributed by atoms with E-state index < -0.39 is 15.9 Å². The van der Waals surface area contributed by atoms with Gasteiger partial charge in [0.25, 0.3) is 0 Å². The van der Waals surface area contributed by atoms with E-state index in [1.165, 1.54) is 5.56 Å². The average Bonchev–Trinajstić information content (AvgIpc) is 2.63. The molecule has 1 atom stereocenters. The van der Waals surface area contributed by atoms with Gasteiger partial charge in [-0.1, -0.05) is 24.3 Å². The quantitative estimate of drug-likeness (QED) is 0.446. The zero-order chi connectivity index (χ0) is 19.9. The maximum absolute atomic E-state index is 12.0. The van der Waals surface area contributed by atoms with Crippen molar-refractivity contribution in [3.8, 4) is 0 Å². The Labute approximate surface area is 172 Å². The highest BCUT2D eigenvalue weighted by atomic mass is 35.5. The summed E-state index contributed by atoms with van der Waals surface area (Å²) in [5.41, 5.74) is 2.43. The van der Waals surface area contributed by atoms with Crippen molar-refractivity contribution in [1.82, 2.24) is 20.7 Å². The lowest BCUT2D eigenvalue weighted by Gasteiger charge is -2.27. The fraction of sp³-hybridized carbons (Fsp3) is 0.556. The molecule has 158 valence electrons. The third kappa shape index (κ3) is 8.14. The summed E-state index contributed by atoms with van der Waals surface area (Å²) < 4.78 is 26.0. The summed E-state index contributed by atoms with van der Waals surface area (Å²) in [7, 11) is -3.69. The number of fused-ring (bicyclic) bond motifs is 1. The summed E-state index contributed by atoms with van der Waals surface area (Å²) in [6.45, 7) is 4.49. The molecular formula is C18H29ClN4O4S. The molecule has 0 aromatic heterocycles. The third-order valence-corrected chi connectivity index (χ3v) is 5.54. The molecule has 2 rings (SSSR count). The van der Waals surface area contributed by atoms with Crippen molar-refractivity contribution in [3.63, 3.8) is 0 Å². The van der Waals surface area contributed by atoms with E-state index in [1.807, 2.05) is 18.2 Å². The predicted molar refractivity (Wildman–Crippen MR) is 111 cm³/mol. The van der Waals surface area contributed by atoms with Gasteiger partial charge in [-0.15, -0.1) is 12.4 Å². The number of carbonyl (C=O) groups excluding carboxylic acids is 2. The summed E-state index contributed by atoms with van der Waals surface area (Å²) in [4.78, 5) is 23.5. The number of rotatable bonds is 9. The Morgan fingerprint density at radius 1 is 1.21 bits per heavy atom. The summed E-state index contributed by atoms with van der Waals surface area (Å²) in [6, 6.07) is 8.04. The topological polar surface area (TPSA) is 116 Å². The highest BCUT2D eigenvalue weighted by molar-refractivity contribution is 7.89. The van der Waals surface area contributed by atoms with E-state index >= 15 is 0 Å². The Hall–Kier alpha value is -1.68. The average molecular weight is 433 g/mol. The number of hydrogen-bond donors (Lipinski definition) is 4. The van der Waals surface area contributed by atoms with Crippen molar-refractivity contribution >= 4 is 34.2 Å². The van der Waals surface area contributed by atoms with E-state index in [0.717, 1.165) is 18.5 Å². The number of nitrogens with one attached hydrogen (secondary N) is 4. The van der Waals surface area contributed by atoms with Crippen molar-refractivity contribution in [3.05, 3.63) is 35.4 Å². The highest BCUT2D eigenvalue weighted by Crippen LogP contribution is 2.21. The van der Waals surface area contributed by atoms with Gasteiger partial charge in [-0.2, -0.15) is 0 Å². The number of halogens is 1. The molecule has 0 saturated carbocycles. The van der Waals surface area contributed by atoms with Gasteiger partial charge in [-0.05, 0) is 37.9 Å². The van der Waals surface area contributed by atoms with E-state index in [4.69, 9.17) is 0 Å². The molecule has 1 aliphatic heterocycles. The molecule has 28 heavy (non-hydrogen) atoms. The Bertz CT molecular complexity index is 771. The van der Waals surface area contributed by atoms with E-state index in [2.05, 4.69) is 26.7 Å². The number of amides is 2. The first-order valence-electron chi connectivity index (χ1n) is 9.11. The number of sulfonamides is 1. The Balaban J connectivity index is 0.00000392. The van der Waals surface area contributed by atoms with Crippen LogP contribution in [0.4, 0.5) is 0 Å². The smallest absolute Gasteiger partial charge is 0.235 e. The first-order valence-corrected chi connectivity index (χ1v) is 10.8. The number of hydrogen-bond acceptors (Lipinski definition) is 5. The molecular weight excluding hydrogens is 404 g/mol. The molecule has 1 aromatic rings. The SMILES string of the molecule is CC(C)NC(=O)CNS(=O)(=O)CCC(=O)NCC1NCCc2ccccc21.Cl. The largest absolute Gasteiger partial charge is 0.354 e. The molecule has 2 amide bonds. The van der Waals surface area contributed by atoms with Gasteiger partial charge >= 0.3 is 0 Å². The van der Waals surface area contributed by atoms with E-state index in [0.29, 0.717) is 6.54 Å². The molecule has 0 bridgehead atoms. The van der Waals surface area contributed by atoms with Crippen molar-refractivity contribution in [2.75, 3.05) is 25.4 Å². The molecule has 0 saturated heterocycles. The van der Waals surface area contributed by atoms with Crippen molar-refractivity contribution < 1.29 is 18.0 Å². The Morgan fingerprint density at radius 2 is 1.93 bits per heavy atom. The molecule has 8 nitrogen and oxygen atoms in total. The van der Waals surface area contributed by atoms with Gasteiger partial charge in [0.1, 0.15) is 0 Å². The molecule has 0 radical (unpaired) electrons. The molecule has 0 fully saturated rings. The molecule has 0 aliphatic carbocycles. The fourth-order valence-corrected chi connectivity index (χ4v) is 3.88. The van der Waals surface area contributed by atoms with Crippen LogP contribution in [0, 0.1) is 0 Å². The van der Waals surface area contributed by atoms with Crippen LogP contribution in [-0.2, 0) is 26.0 Å². The molecule has 4 N–H and O–H groups in total. The molecule has 0 spiro atoms. The van der Waals surface area contributed by atoms with Crippen molar-refractivity contribution in [1.29, 1.82) is 0 Å². The van der Waals surface area contributed by atoms with E-state index in [-0.39, 0.29) is 49.1 Å². The van der Waals surface area contributed by atoms with Crippen LogP contribution in [0.25, 0.3) is 0 Å². The van der Waals surface area contributed by atoms with Crippen LogP contribution in [0.15, 0.2) is 24.3 Å². The predicted octanol–water partition coefficient (Wildman–Crippen LogP) is 0.246. The molecule has 10 heteroatoms. The minimum absolute atomic E-state index is 0. The van der Waals surface area contributed by atoms with Crippen LogP contribution < -0.4 is 20.7 Å². The van der Waals surface area contributed by atoms with E-state index in [1.54, 1.807) is 13.8 Å². The lowest BCUT2D eigenvalue weighted by molar-refractivity contribution is -0.121. The van der Waals surface area contributed by atoms with Crippen LogP contribution in [0.3, 0.4) is 0 Å². The zero-order valence-corrected chi connectivity index (χ0v) is 17.8. The van der Waals surface area contributed by atoms with Crippen LogP contribution in [0.5, 0.6) is 0 Å². The summed E-state index contributed by atoms with van der Waals surface area (Å²) >= 11 is 0. The second-order valence-electron chi connectivity index (χ2n) is 6.87. The van der Waals surface area contributed by atoms with Crippen LogP contribution in [0.1, 0.15) is 37.4 Å². The second kappa shape index (κ2) is 11.4. The van der Waals surface area contributed by atoms with E-state index in [9.17, 15) is 18.0 Å². The standard InChI is InChI=1S/C18H28N4O4S.ClH/c1-13(2)22-18(24)12-21-27(25,26)10-8-17(23)20-11-16-15-6-4-3-5-14(15)7-9-19-16;/h3-6,13,16,19,21H,7-12H2,1-2H3,(H,20,23)(H,22,24);1H. The second-order valence-corrected chi connectivity index (χ2v) is 8.80. The number of carbonyl (C=O) groups is 2. The maximum atomic E-state index is 12.0. The Morgan fingerprint density at radius 3 is 2.64 bits per heavy atom. The van der Waals surface area contributed by atoms with Gasteiger partial charge in [0.2, 0.25) is 21.8 Å². The third-order valence-electron chi connectivity index (χ3n) is 4.22. The van der Waals surface area contributed by atoms with Gasteiger partial charge < -0.3 is 16.0 Å². The maximum Gasteiger partial charge on any atom is 0.235 e. The van der Waals surface area contributed by atoms with Gasteiger partial charge in [-0.25, -0.2) is 13.1 Å². The minimum atomic E-state index is -3.69. The first kappa shape index (κ1) is 24.4. The molecule has 1 heterocycles. The highest BCUT2D eigenvalue weighted by Gasteiger charge is 2.20.